The second-order valence-corrected chi connectivity index (χ2v) is 7.27. The van der Waals surface area contributed by atoms with Gasteiger partial charge in [0.25, 0.3) is 0 Å². The van der Waals surface area contributed by atoms with Crippen molar-refractivity contribution in [2.45, 2.75) is 19.8 Å². The number of hydrogen-bond donors (Lipinski definition) is 2. The lowest BCUT2D eigenvalue weighted by molar-refractivity contribution is 0.352. The van der Waals surface area contributed by atoms with Gasteiger partial charge in [-0.1, -0.05) is 0 Å². The number of aryl methyl sites for hydroxylation is 1. The summed E-state index contributed by atoms with van der Waals surface area (Å²) in [6.45, 7) is 4.71. The van der Waals surface area contributed by atoms with Crippen LogP contribution in [0.3, 0.4) is 0 Å². The summed E-state index contributed by atoms with van der Waals surface area (Å²) < 4.78 is 24.5. The average Bonchev–Trinajstić information content (AvgIpc) is 2.56. The van der Waals surface area contributed by atoms with Crippen molar-refractivity contribution in [2.24, 2.45) is 0 Å². The monoisotopic (exact) mass is 313 g/mol. The fraction of sp³-hybridized carbons (Fsp3) is 0.692. The molecule has 0 radical (unpaired) electrons. The maximum absolute atomic E-state index is 11.0. The third-order valence-electron chi connectivity index (χ3n) is 3.46. The van der Waals surface area contributed by atoms with E-state index >= 15 is 0 Å². The molecular weight excluding hydrogens is 290 g/mol. The number of anilines is 1. The molecule has 0 aromatic carbocycles. The molecule has 1 aromatic rings. The van der Waals surface area contributed by atoms with Crippen molar-refractivity contribution in [1.82, 2.24) is 19.6 Å². The number of sulfonamides is 1. The molecule has 2 N–H and O–H groups in total. The van der Waals surface area contributed by atoms with Crippen molar-refractivity contribution in [1.29, 1.82) is 0 Å². The Morgan fingerprint density at radius 3 is 2.62 bits per heavy atom. The summed E-state index contributed by atoms with van der Waals surface area (Å²) in [6.07, 6.45) is 2.99. The molecule has 7 nitrogen and oxygen atoms in total. The maximum Gasteiger partial charge on any atom is 0.208 e. The maximum atomic E-state index is 11.0. The van der Waals surface area contributed by atoms with Crippen molar-refractivity contribution >= 4 is 15.8 Å². The van der Waals surface area contributed by atoms with E-state index in [1.807, 2.05) is 6.92 Å². The quantitative estimate of drug-likeness (QED) is 0.731. The Labute approximate surface area is 126 Å². The van der Waals surface area contributed by atoms with E-state index in [9.17, 15) is 8.42 Å². The smallest absolute Gasteiger partial charge is 0.208 e. The van der Waals surface area contributed by atoms with Crippen molar-refractivity contribution < 1.29 is 8.42 Å². The van der Waals surface area contributed by atoms with Crippen LogP contribution < -0.4 is 10.0 Å². The first-order chi connectivity index (χ1) is 9.85. The van der Waals surface area contributed by atoms with Gasteiger partial charge < -0.3 is 10.2 Å². The SMILES string of the molecule is Cc1nc2c(c(NCCNS(C)(=O)=O)n1)CCN(C)CC2. The number of likely N-dealkylation sites (N-methyl/N-ethyl adjacent to an activating group) is 1. The van der Waals surface area contributed by atoms with Gasteiger partial charge in [-0.05, 0) is 20.4 Å². The first kappa shape index (κ1) is 16.1. The van der Waals surface area contributed by atoms with Crippen LogP contribution in [0, 0.1) is 6.92 Å². The molecule has 1 aliphatic rings. The van der Waals surface area contributed by atoms with Gasteiger partial charge in [0, 0.05) is 38.2 Å². The molecule has 1 aliphatic heterocycles. The largest absolute Gasteiger partial charge is 0.368 e. The fourth-order valence-corrected chi connectivity index (χ4v) is 2.87. The normalized spacial score (nSPS) is 16.3. The predicted octanol–water partition coefficient (Wildman–Crippen LogP) is -0.223. The van der Waals surface area contributed by atoms with Gasteiger partial charge in [0.1, 0.15) is 11.6 Å². The molecule has 0 aliphatic carbocycles. The number of nitrogens with one attached hydrogen (secondary N) is 2. The van der Waals surface area contributed by atoms with E-state index in [1.54, 1.807) is 0 Å². The van der Waals surface area contributed by atoms with Crippen molar-refractivity contribution in [2.75, 3.05) is 44.8 Å². The van der Waals surface area contributed by atoms with E-state index in [1.165, 1.54) is 0 Å². The van der Waals surface area contributed by atoms with Crippen LogP contribution in [0.2, 0.25) is 0 Å². The van der Waals surface area contributed by atoms with Crippen LogP contribution in [0.15, 0.2) is 0 Å². The lowest BCUT2D eigenvalue weighted by Gasteiger charge is -2.14. The summed E-state index contributed by atoms with van der Waals surface area (Å²) in [5.41, 5.74) is 2.26. The molecule has 0 spiro atoms. The van der Waals surface area contributed by atoms with Crippen molar-refractivity contribution in [3.8, 4) is 0 Å². The van der Waals surface area contributed by atoms with Gasteiger partial charge in [0.15, 0.2) is 0 Å². The van der Waals surface area contributed by atoms with Gasteiger partial charge in [0.2, 0.25) is 10.0 Å². The van der Waals surface area contributed by atoms with Gasteiger partial charge >= 0.3 is 0 Å². The molecule has 0 saturated heterocycles. The summed E-state index contributed by atoms with van der Waals surface area (Å²) in [7, 11) is -1.04. The number of rotatable bonds is 5. The molecule has 0 fully saturated rings. The lowest BCUT2D eigenvalue weighted by Crippen LogP contribution is -2.28. The Hall–Kier alpha value is -1.25. The van der Waals surface area contributed by atoms with E-state index in [0.29, 0.717) is 13.1 Å². The second-order valence-electron chi connectivity index (χ2n) is 5.44. The zero-order valence-corrected chi connectivity index (χ0v) is 13.6. The van der Waals surface area contributed by atoms with Crippen LogP contribution in [0.25, 0.3) is 0 Å². The molecule has 0 atom stereocenters. The van der Waals surface area contributed by atoms with Gasteiger partial charge in [0.05, 0.1) is 11.9 Å². The van der Waals surface area contributed by atoms with Gasteiger partial charge in [-0.2, -0.15) is 0 Å². The van der Waals surface area contributed by atoms with E-state index in [0.717, 1.165) is 55.1 Å². The Balaban J connectivity index is 2.07. The van der Waals surface area contributed by atoms with E-state index in [-0.39, 0.29) is 0 Å². The van der Waals surface area contributed by atoms with Gasteiger partial charge in [-0.25, -0.2) is 23.1 Å². The molecule has 0 saturated carbocycles. The van der Waals surface area contributed by atoms with Crippen LogP contribution in [0.1, 0.15) is 17.1 Å². The van der Waals surface area contributed by atoms with Crippen LogP contribution in [-0.2, 0) is 22.9 Å². The molecule has 0 unspecified atom stereocenters. The summed E-state index contributed by atoms with van der Waals surface area (Å²) in [5.74, 6) is 1.58. The number of aromatic nitrogens is 2. The highest BCUT2D eigenvalue weighted by atomic mass is 32.2. The minimum atomic E-state index is -3.15. The highest BCUT2D eigenvalue weighted by Crippen LogP contribution is 2.20. The molecular formula is C13H23N5O2S. The molecule has 2 heterocycles. The molecule has 8 heteroatoms. The number of hydrogen-bond acceptors (Lipinski definition) is 6. The van der Waals surface area contributed by atoms with Crippen LogP contribution in [0.4, 0.5) is 5.82 Å². The Kier molecular flexibility index (Phi) is 5.13. The zero-order chi connectivity index (χ0) is 15.5. The van der Waals surface area contributed by atoms with Crippen LogP contribution in [0.5, 0.6) is 0 Å². The molecule has 1 aromatic heterocycles. The molecule has 2 rings (SSSR count). The zero-order valence-electron chi connectivity index (χ0n) is 12.8. The first-order valence-corrected chi connectivity index (χ1v) is 8.98. The Morgan fingerprint density at radius 1 is 1.19 bits per heavy atom. The van der Waals surface area contributed by atoms with E-state index < -0.39 is 10.0 Å². The Morgan fingerprint density at radius 2 is 1.90 bits per heavy atom. The molecule has 0 bridgehead atoms. The molecule has 118 valence electrons. The second kappa shape index (κ2) is 6.67. The Bertz CT molecular complexity index is 603. The highest BCUT2D eigenvalue weighted by Gasteiger charge is 2.17. The first-order valence-electron chi connectivity index (χ1n) is 7.08. The van der Waals surface area contributed by atoms with Crippen molar-refractivity contribution in [3.63, 3.8) is 0 Å². The summed E-state index contributed by atoms with van der Waals surface area (Å²) >= 11 is 0. The van der Waals surface area contributed by atoms with Gasteiger partial charge in [-0.3, -0.25) is 0 Å². The van der Waals surface area contributed by atoms with Gasteiger partial charge in [-0.15, -0.1) is 0 Å². The topological polar surface area (TPSA) is 87.2 Å². The molecule has 0 amide bonds. The lowest BCUT2D eigenvalue weighted by atomic mass is 10.1. The number of nitrogens with zero attached hydrogens (tertiary/aromatic N) is 3. The van der Waals surface area contributed by atoms with E-state index in [4.69, 9.17) is 0 Å². The summed E-state index contributed by atoms with van der Waals surface area (Å²) in [4.78, 5) is 11.3. The van der Waals surface area contributed by atoms with Crippen molar-refractivity contribution in [3.05, 3.63) is 17.1 Å². The summed E-state index contributed by atoms with van der Waals surface area (Å²) in [5, 5.41) is 3.23. The third kappa shape index (κ3) is 4.90. The van der Waals surface area contributed by atoms with Crippen LogP contribution in [-0.4, -0.2) is 62.8 Å². The molecule has 21 heavy (non-hydrogen) atoms. The minimum Gasteiger partial charge on any atom is -0.368 e. The standard InChI is InChI=1S/C13H23N5O2S/c1-10-16-12-5-9-18(2)8-4-11(12)13(17-10)14-6-7-15-21(3,19)20/h15H,4-9H2,1-3H3,(H,14,16,17). The third-order valence-corrected chi connectivity index (χ3v) is 4.19. The predicted molar refractivity (Wildman–Crippen MR) is 83.0 cm³/mol. The minimum absolute atomic E-state index is 0.344. The van der Waals surface area contributed by atoms with Crippen LogP contribution >= 0.6 is 0 Å². The average molecular weight is 313 g/mol. The van der Waals surface area contributed by atoms with E-state index in [2.05, 4.69) is 32.0 Å². The highest BCUT2D eigenvalue weighted by molar-refractivity contribution is 7.88. The summed E-state index contributed by atoms with van der Waals surface area (Å²) in [6, 6.07) is 0. The number of fused-ring (bicyclic) bond motifs is 1. The fourth-order valence-electron chi connectivity index (χ4n) is 2.40.